The second-order valence-electron chi connectivity index (χ2n) is 6.30. The first kappa shape index (κ1) is 12.2. The van der Waals surface area contributed by atoms with Crippen molar-refractivity contribution in [1.29, 1.82) is 0 Å². The van der Waals surface area contributed by atoms with Gasteiger partial charge in [-0.25, -0.2) is 0 Å². The Morgan fingerprint density at radius 1 is 1.40 bits per heavy atom. The summed E-state index contributed by atoms with van der Waals surface area (Å²) in [5, 5.41) is 14.8. The Balaban J connectivity index is 1.52. The van der Waals surface area contributed by atoms with Crippen LogP contribution in [-0.4, -0.2) is 21.0 Å². The molecule has 0 aliphatic heterocycles. The third-order valence-corrected chi connectivity index (χ3v) is 5.04. The number of aliphatic hydroxyl groups is 1. The number of nitrogens with zero attached hydrogens (tertiary/aromatic N) is 2. The summed E-state index contributed by atoms with van der Waals surface area (Å²) in [5.74, 6) is 1.72. The van der Waals surface area contributed by atoms with Crippen molar-refractivity contribution in [2.24, 2.45) is 18.9 Å². The van der Waals surface area contributed by atoms with Gasteiger partial charge in [-0.2, -0.15) is 5.10 Å². The van der Waals surface area contributed by atoms with Gasteiger partial charge in [-0.15, -0.1) is 0 Å². The number of aromatic nitrogens is 2. The second-order valence-corrected chi connectivity index (χ2v) is 6.30. The molecule has 1 N–H and O–H groups in total. The van der Waals surface area contributed by atoms with Gasteiger partial charge in [0.25, 0.3) is 0 Å². The molecule has 1 fully saturated rings. The van der Waals surface area contributed by atoms with Crippen LogP contribution in [0, 0.1) is 11.8 Å². The molecule has 4 unspecified atom stereocenters. The van der Waals surface area contributed by atoms with Crippen molar-refractivity contribution in [2.75, 3.05) is 0 Å². The molecule has 0 radical (unpaired) electrons. The summed E-state index contributed by atoms with van der Waals surface area (Å²) in [6.07, 6.45) is 6.77. The number of benzene rings is 1. The van der Waals surface area contributed by atoms with E-state index in [2.05, 4.69) is 29.4 Å². The van der Waals surface area contributed by atoms with Crippen LogP contribution in [0.1, 0.15) is 29.0 Å². The van der Waals surface area contributed by atoms with Crippen molar-refractivity contribution < 1.29 is 5.11 Å². The third kappa shape index (κ3) is 1.88. The van der Waals surface area contributed by atoms with Crippen LogP contribution in [0.15, 0.2) is 36.7 Å². The predicted octanol–water partition coefficient (Wildman–Crippen LogP) is 2.30. The normalized spacial score (nSPS) is 28.6. The highest BCUT2D eigenvalue weighted by molar-refractivity contribution is 5.40. The molecule has 3 nitrogen and oxygen atoms in total. The fourth-order valence-corrected chi connectivity index (χ4v) is 4.10. The van der Waals surface area contributed by atoms with Crippen LogP contribution >= 0.6 is 0 Å². The summed E-state index contributed by atoms with van der Waals surface area (Å²) in [5.41, 5.74) is 4.11. The Morgan fingerprint density at radius 3 is 3.05 bits per heavy atom. The molecule has 0 bridgehead atoms. The molecule has 0 spiro atoms. The van der Waals surface area contributed by atoms with Crippen LogP contribution in [-0.2, 0) is 19.9 Å². The average molecular weight is 268 g/mol. The molecule has 104 valence electrons. The summed E-state index contributed by atoms with van der Waals surface area (Å²) in [6, 6.07) is 8.75. The standard InChI is InChI=1S/C17H20N2O/c1-19-10-11(9-18-19)8-15(20)17-14-7-6-12-4-2-3-5-13(12)16(14)17/h2-5,9-10,14-17,20H,6-8H2,1H3. The number of fused-ring (bicyclic) bond motifs is 3. The molecular weight excluding hydrogens is 248 g/mol. The van der Waals surface area contributed by atoms with Gasteiger partial charge in [-0.3, -0.25) is 4.68 Å². The van der Waals surface area contributed by atoms with E-state index in [-0.39, 0.29) is 6.10 Å². The van der Waals surface area contributed by atoms with Gasteiger partial charge in [-0.05, 0) is 47.3 Å². The van der Waals surface area contributed by atoms with Crippen molar-refractivity contribution in [3.63, 3.8) is 0 Å². The van der Waals surface area contributed by atoms with E-state index in [1.54, 1.807) is 4.68 Å². The second kappa shape index (κ2) is 4.45. The zero-order valence-electron chi connectivity index (χ0n) is 11.7. The van der Waals surface area contributed by atoms with E-state index in [1.807, 2.05) is 19.4 Å². The third-order valence-electron chi connectivity index (χ3n) is 5.04. The van der Waals surface area contributed by atoms with E-state index < -0.39 is 0 Å². The molecule has 2 aromatic rings. The molecule has 4 atom stereocenters. The van der Waals surface area contributed by atoms with E-state index in [4.69, 9.17) is 0 Å². The Kier molecular flexibility index (Phi) is 2.71. The van der Waals surface area contributed by atoms with E-state index in [0.717, 1.165) is 12.0 Å². The molecule has 1 aromatic heterocycles. The summed E-state index contributed by atoms with van der Waals surface area (Å²) >= 11 is 0. The van der Waals surface area contributed by atoms with Crippen molar-refractivity contribution in [3.8, 4) is 0 Å². The zero-order valence-corrected chi connectivity index (χ0v) is 11.7. The minimum absolute atomic E-state index is 0.236. The zero-order chi connectivity index (χ0) is 13.7. The lowest BCUT2D eigenvalue weighted by Crippen LogP contribution is -2.14. The van der Waals surface area contributed by atoms with E-state index >= 15 is 0 Å². The Bertz CT molecular complexity index is 633. The predicted molar refractivity (Wildman–Crippen MR) is 77.4 cm³/mol. The van der Waals surface area contributed by atoms with Gasteiger partial charge < -0.3 is 5.11 Å². The van der Waals surface area contributed by atoms with Crippen molar-refractivity contribution >= 4 is 0 Å². The molecule has 20 heavy (non-hydrogen) atoms. The van der Waals surface area contributed by atoms with Crippen LogP contribution in [0.2, 0.25) is 0 Å². The monoisotopic (exact) mass is 268 g/mol. The van der Waals surface area contributed by atoms with Crippen LogP contribution in [0.25, 0.3) is 0 Å². The first-order chi connectivity index (χ1) is 9.74. The fourth-order valence-electron chi connectivity index (χ4n) is 4.10. The summed E-state index contributed by atoms with van der Waals surface area (Å²) in [7, 11) is 1.92. The van der Waals surface area contributed by atoms with E-state index in [0.29, 0.717) is 17.8 Å². The summed E-state index contributed by atoms with van der Waals surface area (Å²) < 4.78 is 1.80. The maximum absolute atomic E-state index is 10.6. The molecule has 2 aliphatic carbocycles. The van der Waals surface area contributed by atoms with Crippen molar-refractivity contribution in [2.45, 2.75) is 31.3 Å². The van der Waals surface area contributed by atoms with Gasteiger partial charge in [0, 0.05) is 19.7 Å². The number of aliphatic hydroxyl groups excluding tert-OH is 1. The Hall–Kier alpha value is -1.61. The maximum Gasteiger partial charge on any atom is 0.0618 e. The van der Waals surface area contributed by atoms with Crippen molar-refractivity contribution in [3.05, 3.63) is 53.3 Å². The number of rotatable bonds is 3. The van der Waals surface area contributed by atoms with Gasteiger partial charge in [0.05, 0.1) is 12.3 Å². The van der Waals surface area contributed by atoms with E-state index in [1.165, 1.54) is 24.0 Å². The maximum atomic E-state index is 10.6. The Labute approximate surface area is 119 Å². The quantitative estimate of drug-likeness (QED) is 0.927. The minimum atomic E-state index is -0.236. The van der Waals surface area contributed by atoms with Crippen molar-refractivity contribution in [1.82, 2.24) is 9.78 Å². The summed E-state index contributed by atoms with van der Waals surface area (Å²) in [4.78, 5) is 0. The SMILES string of the molecule is Cn1cc(CC(O)C2C3CCc4ccccc4C32)cn1. The molecule has 1 aromatic carbocycles. The topological polar surface area (TPSA) is 38.0 Å². The van der Waals surface area contributed by atoms with Gasteiger partial charge in [0.15, 0.2) is 0 Å². The molecule has 4 rings (SSSR count). The largest absolute Gasteiger partial charge is 0.392 e. The minimum Gasteiger partial charge on any atom is -0.392 e. The highest BCUT2D eigenvalue weighted by Gasteiger charge is 2.55. The molecule has 1 heterocycles. The van der Waals surface area contributed by atoms with Crippen LogP contribution < -0.4 is 0 Å². The fraction of sp³-hybridized carbons (Fsp3) is 0.471. The average Bonchev–Trinajstić information content (AvgIpc) is 3.08. The lowest BCUT2D eigenvalue weighted by Gasteiger charge is -2.13. The van der Waals surface area contributed by atoms with Gasteiger partial charge in [0.2, 0.25) is 0 Å². The highest BCUT2D eigenvalue weighted by atomic mass is 16.3. The first-order valence-electron chi connectivity index (χ1n) is 7.47. The number of aryl methyl sites for hydroxylation is 2. The Morgan fingerprint density at radius 2 is 2.25 bits per heavy atom. The smallest absolute Gasteiger partial charge is 0.0618 e. The van der Waals surface area contributed by atoms with Gasteiger partial charge in [-0.1, -0.05) is 24.3 Å². The van der Waals surface area contributed by atoms with Gasteiger partial charge >= 0.3 is 0 Å². The van der Waals surface area contributed by atoms with Crippen LogP contribution in [0.3, 0.4) is 0 Å². The first-order valence-corrected chi connectivity index (χ1v) is 7.47. The molecular formula is C17H20N2O. The van der Waals surface area contributed by atoms with Gasteiger partial charge in [0.1, 0.15) is 0 Å². The summed E-state index contributed by atoms with van der Waals surface area (Å²) in [6.45, 7) is 0. The number of hydrogen-bond acceptors (Lipinski definition) is 2. The molecule has 0 saturated heterocycles. The molecule has 2 aliphatic rings. The van der Waals surface area contributed by atoms with E-state index in [9.17, 15) is 5.11 Å². The lowest BCUT2D eigenvalue weighted by molar-refractivity contribution is 0.143. The van der Waals surface area contributed by atoms with Crippen LogP contribution in [0.5, 0.6) is 0 Å². The highest BCUT2D eigenvalue weighted by Crippen LogP contribution is 2.61. The lowest BCUT2D eigenvalue weighted by atomic mass is 9.92. The molecule has 3 heteroatoms. The molecule has 0 amide bonds. The molecule has 1 saturated carbocycles. The van der Waals surface area contributed by atoms with Crippen LogP contribution in [0.4, 0.5) is 0 Å². The number of hydrogen-bond donors (Lipinski definition) is 1.